The Morgan fingerprint density at radius 1 is 0.259 bits per heavy atom. The van der Waals surface area contributed by atoms with Crippen LogP contribution in [0.4, 0.5) is 0 Å². The maximum Gasteiger partial charge on any atom is 2.00 e. The quantitative estimate of drug-likeness (QED) is 0.0247. The van der Waals surface area contributed by atoms with E-state index in [1.165, 1.54) is 255 Å². The van der Waals surface area contributed by atoms with Crippen LogP contribution in [-0.4, -0.2) is 74.8 Å². The van der Waals surface area contributed by atoms with E-state index in [1.807, 2.05) is 36.4 Å². The van der Waals surface area contributed by atoms with Crippen molar-refractivity contribution in [1.82, 2.24) is 0 Å². The zero-order valence-electron chi connectivity index (χ0n) is 52.7. The Morgan fingerprint density at radius 2 is 0.469 bits per heavy atom. The molecule has 0 aromatic heterocycles. The summed E-state index contributed by atoms with van der Waals surface area (Å²) in [5, 5.41) is 4.18. The molecule has 0 aliphatic heterocycles. The summed E-state index contributed by atoms with van der Waals surface area (Å²) in [5.74, 6) is 0. The van der Waals surface area contributed by atoms with Crippen molar-refractivity contribution in [3.63, 3.8) is 0 Å². The van der Waals surface area contributed by atoms with Crippen LogP contribution in [0.1, 0.15) is 332 Å². The van der Waals surface area contributed by atoms with Gasteiger partial charge in [-0.05, 0) is 107 Å². The van der Waals surface area contributed by atoms with E-state index in [4.69, 9.17) is 0 Å². The van der Waals surface area contributed by atoms with Crippen LogP contribution in [0.2, 0.25) is 0 Å². The molecule has 0 saturated carbocycles. The summed E-state index contributed by atoms with van der Waals surface area (Å²) in [5.41, 5.74) is 4.04. The maximum absolute atomic E-state index is 12.1. The van der Waals surface area contributed by atoms with Crippen molar-refractivity contribution in [1.29, 1.82) is 0 Å². The molecule has 4 aromatic carbocycles. The second kappa shape index (κ2) is 48.9. The van der Waals surface area contributed by atoms with Gasteiger partial charge in [-0.25, -0.2) is 16.8 Å². The SMILES string of the molecule is CCCCCCCCCCCCCc1cccc2c(CCCCCCCCCCCCC)c(S(=O)(=O)[O-])ccc12.CCCCCCCCCCCCCc1cccc2c(CCCCCCCCCCCCC)c(S(=O)(=O)[O-])ccc12.[Ba+2]. The molecular formula is C72H118BaO6S2. The van der Waals surface area contributed by atoms with Gasteiger partial charge < -0.3 is 9.11 Å². The summed E-state index contributed by atoms with van der Waals surface area (Å²) in [6, 6.07) is 19.4. The van der Waals surface area contributed by atoms with Crippen molar-refractivity contribution in [3.8, 4) is 0 Å². The Bertz CT molecular complexity index is 2230. The van der Waals surface area contributed by atoms with E-state index < -0.39 is 20.2 Å². The van der Waals surface area contributed by atoms with Crippen molar-refractivity contribution >= 4 is 90.7 Å². The fourth-order valence-electron chi connectivity index (χ4n) is 12.2. The molecule has 0 aliphatic carbocycles. The fourth-order valence-corrected chi connectivity index (χ4v) is 13.7. The van der Waals surface area contributed by atoms with E-state index >= 15 is 0 Å². The molecule has 0 heterocycles. The largest absolute Gasteiger partial charge is 2.00 e. The van der Waals surface area contributed by atoms with Crippen molar-refractivity contribution in [2.45, 2.75) is 346 Å². The fraction of sp³-hybridized carbons (Fsp3) is 0.722. The van der Waals surface area contributed by atoms with Gasteiger partial charge in [0, 0.05) is 0 Å². The Hall–Kier alpha value is -1.21. The smallest absolute Gasteiger partial charge is 0.744 e. The third-order valence-electron chi connectivity index (χ3n) is 17.1. The monoisotopic (exact) mass is 1280 g/mol. The zero-order valence-corrected chi connectivity index (χ0v) is 58.8. The number of unbranched alkanes of at least 4 members (excludes halogenated alkanes) is 40. The molecule has 456 valence electrons. The number of hydrogen-bond donors (Lipinski definition) is 0. The van der Waals surface area contributed by atoms with Crippen molar-refractivity contribution in [2.24, 2.45) is 0 Å². The van der Waals surface area contributed by atoms with Crippen LogP contribution in [0.15, 0.2) is 70.5 Å². The molecule has 9 heteroatoms. The average molecular weight is 1280 g/mol. The normalized spacial score (nSPS) is 11.8. The van der Waals surface area contributed by atoms with E-state index in [0.29, 0.717) is 12.8 Å². The molecule has 0 bridgehead atoms. The van der Waals surface area contributed by atoms with E-state index in [0.717, 1.165) is 84.0 Å². The van der Waals surface area contributed by atoms with Crippen LogP contribution in [0.3, 0.4) is 0 Å². The van der Waals surface area contributed by atoms with Gasteiger partial charge in [0.15, 0.2) is 0 Å². The van der Waals surface area contributed by atoms with Crippen molar-refractivity contribution in [2.75, 3.05) is 0 Å². The molecular weight excluding hydrogens is 1160 g/mol. The Labute approximate surface area is 540 Å². The minimum absolute atomic E-state index is 0. The molecule has 0 N–H and O–H groups in total. The molecule has 81 heavy (non-hydrogen) atoms. The van der Waals surface area contributed by atoms with E-state index in [9.17, 15) is 25.9 Å². The van der Waals surface area contributed by atoms with Crippen LogP contribution in [0.5, 0.6) is 0 Å². The maximum atomic E-state index is 12.1. The molecule has 0 amide bonds. The van der Waals surface area contributed by atoms with Gasteiger partial charge in [0.25, 0.3) is 0 Å². The van der Waals surface area contributed by atoms with Crippen LogP contribution in [0, 0.1) is 0 Å². The molecule has 4 aromatic rings. The van der Waals surface area contributed by atoms with Crippen molar-refractivity contribution in [3.05, 3.63) is 82.9 Å². The predicted octanol–water partition coefficient (Wildman–Crippen LogP) is 22.5. The average Bonchev–Trinajstić information content (AvgIpc) is 3.62. The van der Waals surface area contributed by atoms with Gasteiger partial charge in [-0.2, -0.15) is 0 Å². The van der Waals surface area contributed by atoms with E-state index in [-0.39, 0.29) is 58.7 Å². The van der Waals surface area contributed by atoms with Crippen LogP contribution >= 0.6 is 0 Å². The van der Waals surface area contributed by atoms with Gasteiger partial charge in [-0.3, -0.25) is 0 Å². The third kappa shape index (κ3) is 34.1. The Morgan fingerprint density at radius 3 is 0.691 bits per heavy atom. The minimum Gasteiger partial charge on any atom is -0.744 e. The van der Waals surface area contributed by atoms with Gasteiger partial charge in [0.1, 0.15) is 20.2 Å². The number of benzene rings is 4. The van der Waals surface area contributed by atoms with Crippen LogP contribution in [0.25, 0.3) is 21.5 Å². The molecule has 0 atom stereocenters. The Balaban J connectivity index is 0.000000547. The third-order valence-corrected chi connectivity index (χ3v) is 19.0. The molecule has 0 unspecified atom stereocenters. The van der Waals surface area contributed by atoms with E-state index in [1.54, 1.807) is 12.1 Å². The first kappa shape index (κ1) is 75.9. The van der Waals surface area contributed by atoms with Crippen LogP contribution in [-0.2, 0) is 45.9 Å². The summed E-state index contributed by atoms with van der Waals surface area (Å²) in [6.45, 7) is 9.05. The topological polar surface area (TPSA) is 114 Å². The predicted molar refractivity (Wildman–Crippen MR) is 350 cm³/mol. The standard InChI is InChI=1S/2C36H60O3S.Ba/c2*1-3-5-7-9-11-13-15-17-19-21-23-26-32-27-25-29-34-33(32)30-31-36(40(37,38)39)35(34)28-24-22-20-18-16-14-12-10-8-6-4-2;/h2*25,27,29-31H,3-24,26,28H2,1-2H3,(H,37,38,39);/q;;+2/p-2. The van der Waals surface area contributed by atoms with Gasteiger partial charge >= 0.3 is 48.9 Å². The van der Waals surface area contributed by atoms with Crippen molar-refractivity contribution < 1.29 is 25.9 Å². The Kier molecular flexibility index (Phi) is 45.8. The zero-order chi connectivity index (χ0) is 57.8. The second-order valence-electron chi connectivity index (χ2n) is 24.2. The van der Waals surface area contributed by atoms with Gasteiger partial charge in [0.2, 0.25) is 0 Å². The molecule has 0 spiro atoms. The number of rotatable bonds is 50. The number of hydrogen-bond acceptors (Lipinski definition) is 6. The van der Waals surface area contributed by atoms with E-state index in [2.05, 4.69) is 39.8 Å². The van der Waals surface area contributed by atoms with Gasteiger partial charge in [0.05, 0.1) is 9.79 Å². The first-order chi connectivity index (χ1) is 39.0. The summed E-state index contributed by atoms with van der Waals surface area (Å²) in [7, 11) is -8.98. The number of aryl methyl sites for hydroxylation is 4. The molecule has 0 radical (unpaired) electrons. The molecule has 6 nitrogen and oxygen atoms in total. The molecule has 4 rings (SSSR count). The second-order valence-corrected chi connectivity index (χ2v) is 26.9. The van der Waals surface area contributed by atoms with Gasteiger partial charge in [-0.15, -0.1) is 0 Å². The summed E-state index contributed by atoms with van der Waals surface area (Å²) in [4.78, 5) is -0.0298. The molecule has 0 saturated heterocycles. The van der Waals surface area contributed by atoms with Crippen LogP contribution < -0.4 is 0 Å². The summed E-state index contributed by atoms with van der Waals surface area (Å²) >= 11 is 0. The minimum atomic E-state index is -4.49. The molecule has 0 aliphatic rings. The number of fused-ring (bicyclic) bond motifs is 2. The first-order valence-electron chi connectivity index (χ1n) is 34.0. The molecule has 0 fully saturated rings. The first-order valence-corrected chi connectivity index (χ1v) is 36.8. The van der Waals surface area contributed by atoms with Gasteiger partial charge in [-0.1, -0.05) is 333 Å². The summed E-state index contributed by atoms with van der Waals surface area (Å²) in [6.07, 6.45) is 60.2. The summed E-state index contributed by atoms with van der Waals surface area (Å²) < 4.78 is 72.7.